The number of hydrogen-bond acceptors (Lipinski definition) is 4. The van der Waals surface area contributed by atoms with Gasteiger partial charge in [0, 0.05) is 11.1 Å². The molecule has 1 aromatic heterocycles. The fourth-order valence-electron chi connectivity index (χ4n) is 2.04. The zero-order chi connectivity index (χ0) is 17.0. The molecule has 6 nitrogen and oxygen atoms in total. The van der Waals surface area contributed by atoms with Crippen molar-refractivity contribution in [2.45, 2.75) is 32.9 Å². The summed E-state index contributed by atoms with van der Waals surface area (Å²) in [5, 5.41) is 11.6. The minimum absolute atomic E-state index is 0.151. The Bertz CT molecular complexity index is 688. The smallest absolute Gasteiger partial charge is 0.258 e. The highest BCUT2D eigenvalue weighted by Gasteiger charge is 2.17. The zero-order valence-electron chi connectivity index (χ0n) is 13.1. The lowest BCUT2D eigenvalue weighted by Crippen LogP contribution is -2.32. The summed E-state index contributed by atoms with van der Waals surface area (Å²) >= 11 is 11.8. The Morgan fingerprint density at radius 3 is 2.74 bits per heavy atom. The van der Waals surface area contributed by atoms with Crippen LogP contribution in [0, 0.1) is 0 Å². The Balaban J connectivity index is 1.93. The molecule has 0 saturated carbocycles. The van der Waals surface area contributed by atoms with E-state index in [9.17, 15) is 4.79 Å². The second kappa shape index (κ2) is 7.66. The van der Waals surface area contributed by atoms with Gasteiger partial charge in [-0.1, -0.05) is 23.2 Å². The van der Waals surface area contributed by atoms with Crippen molar-refractivity contribution in [3.8, 4) is 5.75 Å². The standard InChI is InChI=1S/C15H18Cl2N4O2/c1-9(2)21-8-18-20-15(21)10(3)19-14(22)7-23-13-5-4-11(16)6-12(13)17/h4-6,8-10H,7H2,1-3H3,(H,19,22)/t10-/m1/s1. The lowest BCUT2D eigenvalue weighted by Gasteiger charge is -2.17. The first-order chi connectivity index (χ1) is 10.9. The van der Waals surface area contributed by atoms with E-state index in [1.165, 1.54) is 0 Å². The summed E-state index contributed by atoms with van der Waals surface area (Å²) in [6.45, 7) is 5.73. The molecule has 124 valence electrons. The van der Waals surface area contributed by atoms with Crippen molar-refractivity contribution in [2.24, 2.45) is 0 Å². The fraction of sp³-hybridized carbons (Fsp3) is 0.400. The number of hydrogen-bond donors (Lipinski definition) is 1. The second-order valence-corrected chi connectivity index (χ2v) is 6.19. The maximum Gasteiger partial charge on any atom is 0.258 e. The SMILES string of the molecule is CC(C)n1cnnc1[C@@H](C)NC(=O)COc1ccc(Cl)cc1Cl. The molecule has 0 unspecified atom stereocenters. The molecule has 2 rings (SSSR count). The summed E-state index contributed by atoms with van der Waals surface area (Å²) in [5.41, 5.74) is 0. The van der Waals surface area contributed by atoms with Crippen LogP contribution in [0.25, 0.3) is 0 Å². The van der Waals surface area contributed by atoms with Crippen LogP contribution in [0.3, 0.4) is 0 Å². The first-order valence-corrected chi connectivity index (χ1v) is 7.90. The van der Waals surface area contributed by atoms with Crippen molar-refractivity contribution in [2.75, 3.05) is 6.61 Å². The van der Waals surface area contributed by atoms with Crippen LogP contribution in [0.1, 0.15) is 38.7 Å². The van der Waals surface area contributed by atoms with Crippen molar-refractivity contribution in [3.63, 3.8) is 0 Å². The monoisotopic (exact) mass is 356 g/mol. The quantitative estimate of drug-likeness (QED) is 0.860. The first kappa shape index (κ1) is 17.6. The molecule has 1 atom stereocenters. The number of carbonyl (C=O) groups is 1. The molecular weight excluding hydrogens is 339 g/mol. The summed E-state index contributed by atoms with van der Waals surface area (Å²) in [6.07, 6.45) is 1.65. The van der Waals surface area contributed by atoms with Gasteiger partial charge in [0.15, 0.2) is 12.4 Å². The van der Waals surface area contributed by atoms with E-state index in [-0.39, 0.29) is 24.6 Å². The maximum atomic E-state index is 12.0. The minimum Gasteiger partial charge on any atom is -0.482 e. The van der Waals surface area contributed by atoms with Gasteiger partial charge >= 0.3 is 0 Å². The van der Waals surface area contributed by atoms with Gasteiger partial charge in [-0.25, -0.2) is 0 Å². The summed E-state index contributed by atoms with van der Waals surface area (Å²) in [5.74, 6) is 0.823. The lowest BCUT2D eigenvalue weighted by atomic mass is 10.3. The molecule has 1 heterocycles. The third kappa shape index (κ3) is 4.59. The normalized spacial score (nSPS) is 12.3. The predicted molar refractivity (Wildman–Crippen MR) is 88.9 cm³/mol. The van der Waals surface area contributed by atoms with Gasteiger partial charge in [0.2, 0.25) is 0 Å². The number of ether oxygens (including phenoxy) is 1. The van der Waals surface area contributed by atoms with E-state index in [2.05, 4.69) is 15.5 Å². The molecule has 8 heteroatoms. The summed E-state index contributed by atoms with van der Waals surface area (Å²) in [7, 11) is 0. The van der Waals surface area contributed by atoms with E-state index in [0.29, 0.717) is 21.6 Å². The molecule has 0 fully saturated rings. The molecule has 1 aromatic carbocycles. The number of benzene rings is 1. The van der Waals surface area contributed by atoms with E-state index < -0.39 is 0 Å². The van der Waals surface area contributed by atoms with Crippen molar-refractivity contribution in [3.05, 3.63) is 40.4 Å². The molecule has 0 aliphatic heterocycles. The van der Waals surface area contributed by atoms with E-state index in [1.807, 2.05) is 25.3 Å². The average molecular weight is 357 g/mol. The summed E-state index contributed by atoms with van der Waals surface area (Å²) in [4.78, 5) is 12.0. The Hall–Kier alpha value is -1.79. The van der Waals surface area contributed by atoms with Crippen LogP contribution in [0.2, 0.25) is 10.0 Å². The third-order valence-corrected chi connectivity index (χ3v) is 3.71. The maximum absolute atomic E-state index is 12.0. The van der Waals surface area contributed by atoms with Gasteiger partial charge in [0.1, 0.15) is 12.1 Å². The van der Waals surface area contributed by atoms with Gasteiger partial charge < -0.3 is 14.6 Å². The van der Waals surface area contributed by atoms with Crippen LogP contribution < -0.4 is 10.1 Å². The number of rotatable bonds is 6. The largest absolute Gasteiger partial charge is 0.482 e. The number of aromatic nitrogens is 3. The highest BCUT2D eigenvalue weighted by Crippen LogP contribution is 2.27. The van der Waals surface area contributed by atoms with Crippen molar-refractivity contribution in [1.82, 2.24) is 20.1 Å². The number of amides is 1. The summed E-state index contributed by atoms with van der Waals surface area (Å²) < 4.78 is 7.31. The van der Waals surface area contributed by atoms with Crippen LogP contribution >= 0.6 is 23.2 Å². The number of halogens is 2. The van der Waals surface area contributed by atoms with Gasteiger partial charge in [0.25, 0.3) is 5.91 Å². The topological polar surface area (TPSA) is 69.0 Å². The molecule has 0 aliphatic rings. The first-order valence-electron chi connectivity index (χ1n) is 7.15. The summed E-state index contributed by atoms with van der Waals surface area (Å²) in [6, 6.07) is 4.76. The highest BCUT2D eigenvalue weighted by molar-refractivity contribution is 6.35. The Kier molecular flexibility index (Phi) is 5.85. The van der Waals surface area contributed by atoms with Crippen LogP contribution in [-0.2, 0) is 4.79 Å². The van der Waals surface area contributed by atoms with Crippen molar-refractivity contribution in [1.29, 1.82) is 0 Å². The van der Waals surface area contributed by atoms with Gasteiger partial charge in [-0.3, -0.25) is 4.79 Å². The molecular formula is C15H18Cl2N4O2. The molecule has 0 spiro atoms. The Morgan fingerprint density at radius 1 is 1.35 bits per heavy atom. The number of nitrogens with one attached hydrogen (secondary N) is 1. The third-order valence-electron chi connectivity index (χ3n) is 3.17. The highest BCUT2D eigenvalue weighted by atomic mass is 35.5. The number of nitrogens with zero attached hydrogens (tertiary/aromatic N) is 3. The van der Waals surface area contributed by atoms with Crippen LogP contribution in [0.5, 0.6) is 5.75 Å². The van der Waals surface area contributed by atoms with E-state index in [0.717, 1.165) is 0 Å². The van der Waals surface area contributed by atoms with Gasteiger partial charge in [0.05, 0.1) is 11.1 Å². The number of carbonyl (C=O) groups excluding carboxylic acids is 1. The van der Waals surface area contributed by atoms with E-state index >= 15 is 0 Å². The van der Waals surface area contributed by atoms with Crippen LogP contribution in [0.4, 0.5) is 0 Å². The zero-order valence-corrected chi connectivity index (χ0v) is 14.6. The molecule has 23 heavy (non-hydrogen) atoms. The molecule has 0 saturated heterocycles. The van der Waals surface area contributed by atoms with Gasteiger partial charge in [-0.2, -0.15) is 0 Å². The van der Waals surface area contributed by atoms with Crippen LogP contribution in [0.15, 0.2) is 24.5 Å². The molecule has 0 aliphatic carbocycles. The molecule has 0 bridgehead atoms. The van der Waals surface area contributed by atoms with Crippen molar-refractivity contribution < 1.29 is 9.53 Å². The lowest BCUT2D eigenvalue weighted by molar-refractivity contribution is -0.123. The van der Waals surface area contributed by atoms with Crippen LogP contribution in [-0.4, -0.2) is 27.3 Å². The van der Waals surface area contributed by atoms with Gasteiger partial charge in [-0.05, 0) is 39.0 Å². The molecule has 1 N–H and O–H groups in total. The molecule has 2 aromatic rings. The minimum atomic E-state index is -0.281. The Labute approximate surface area is 144 Å². The second-order valence-electron chi connectivity index (χ2n) is 5.34. The molecule has 1 amide bonds. The predicted octanol–water partition coefficient (Wildman–Crippen LogP) is 3.42. The Morgan fingerprint density at radius 2 is 2.09 bits per heavy atom. The van der Waals surface area contributed by atoms with E-state index in [1.54, 1.807) is 24.5 Å². The van der Waals surface area contributed by atoms with Gasteiger partial charge in [-0.15, -0.1) is 10.2 Å². The van der Waals surface area contributed by atoms with Crippen molar-refractivity contribution >= 4 is 29.1 Å². The molecule has 0 radical (unpaired) electrons. The fourth-order valence-corrected chi connectivity index (χ4v) is 2.51. The average Bonchev–Trinajstić information content (AvgIpc) is 2.96. The van der Waals surface area contributed by atoms with E-state index in [4.69, 9.17) is 27.9 Å².